The molecule has 0 atom stereocenters. The molecule has 6 heterocycles. The number of aliphatic hydroxyl groups is 1. The van der Waals surface area contributed by atoms with Crippen molar-refractivity contribution in [1.82, 2.24) is 33.2 Å². The summed E-state index contributed by atoms with van der Waals surface area (Å²) in [6.45, 7) is 3.58. The summed E-state index contributed by atoms with van der Waals surface area (Å²) in [5, 5.41) is 18.5. The number of aromatic nitrogens is 6. The molecule has 0 bridgehead atoms. The van der Waals surface area contributed by atoms with Crippen LogP contribution in [0.1, 0.15) is 28.9 Å². The second kappa shape index (κ2) is 11.0. The Bertz CT molecular complexity index is 1970. The van der Waals surface area contributed by atoms with E-state index in [-0.39, 0.29) is 17.7 Å². The molecule has 0 aromatic carbocycles. The summed E-state index contributed by atoms with van der Waals surface area (Å²) >= 11 is 0. The zero-order valence-electron chi connectivity index (χ0n) is 24.3. The van der Waals surface area contributed by atoms with Crippen molar-refractivity contribution in [1.29, 1.82) is 0 Å². The van der Waals surface area contributed by atoms with E-state index in [9.17, 15) is 14.7 Å². The van der Waals surface area contributed by atoms with Gasteiger partial charge in [-0.1, -0.05) is 0 Å². The van der Waals surface area contributed by atoms with Crippen LogP contribution >= 0.6 is 0 Å². The maximum Gasteiger partial charge on any atom is 0.280 e. The summed E-state index contributed by atoms with van der Waals surface area (Å²) in [6.07, 6.45) is 9.98. The van der Waals surface area contributed by atoms with Gasteiger partial charge < -0.3 is 24.1 Å². The van der Waals surface area contributed by atoms with Crippen molar-refractivity contribution < 1.29 is 9.84 Å². The Labute approximate surface area is 247 Å². The second-order valence-corrected chi connectivity index (χ2v) is 11.2. The van der Waals surface area contributed by atoms with E-state index in [2.05, 4.69) is 20.3 Å². The molecule has 1 aliphatic carbocycles. The number of pyridine rings is 2. The Morgan fingerprint density at radius 1 is 1.09 bits per heavy atom. The average molecular weight is 583 g/mol. The smallest absolute Gasteiger partial charge is 0.280 e. The number of aliphatic hydroxyl groups excluding tert-OH is 1. The van der Waals surface area contributed by atoms with Gasteiger partial charge in [-0.15, -0.1) is 0 Å². The number of ether oxygens (including phenoxy) is 1. The molecule has 12 nitrogen and oxygen atoms in total. The van der Waals surface area contributed by atoms with E-state index >= 15 is 0 Å². The van der Waals surface area contributed by atoms with Crippen molar-refractivity contribution in [3.8, 4) is 16.9 Å². The molecule has 0 fully saturated rings. The van der Waals surface area contributed by atoms with Gasteiger partial charge in [0.25, 0.3) is 11.1 Å². The highest BCUT2D eigenvalue weighted by Gasteiger charge is 2.22. The first-order valence-electron chi connectivity index (χ1n) is 14.5. The van der Waals surface area contributed by atoms with E-state index in [1.807, 2.05) is 27.4 Å². The van der Waals surface area contributed by atoms with E-state index in [1.165, 1.54) is 20.4 Å². The minimum Gasteiger partial charge on any atom is -0.392 e. The second-order valence-electron chi connectivity index (χ2n) is 11.2. The van der Waals surface area contributed by atoms with Gasteiger partial charge in [0, 0.05) is 81.5 Å². The fraction of sp³-hybridized carbons (Fsp3) is 0.355. The van der Waals surface area contributed by atoms with Crippen LogP contribution in [0.4, 0.5) is 11.5 Å². The van der Waals surface area contributed by atoms with E-state index in [0.29, 0.717) is 46.1 Å². The number of hydrogen-bond donors (Lipinski definition) is 2. The van der Waals surface area contributed by atoms with Gasteiger partial charge in [0.1, 0.15) is 17.0 Å². The number of methoxy groups -OCH3 is 1. The third-order valence-corrected chi connectivity index (χ3v) is 8.56. The Morgan fingerprint density at radius 2 is 1.98 bits per heavy atom. The van der Waals surface area contributed by atoms with Gasteiger partial charge in [0.2, 0.25) is 0 Å². The zero-order chi connectivity index (χ0) is 29.7. The maximum atomic E-state index is 13.6. The molecule has 222 valence electrons. The van der Waals surface area contributed by atoms with Gasteiger partial charge in [0.15, 0.2) is 5.82 Å². The van der Waals surface area contributed by atoms with Crippen molar-refractivity contribution in [3.63, 3.8) is 0 Å². The molecule has 0 saturated heterocycles. The summed E-state index contributed by atoms with van der Waals surface area (Å²) in [4.78, 5) is 33.6. The largest absolute Gasteiger partial charge is 0.392 e. The molecule has 0 spiro atoms. The standard InChI is InChI=1S/C31H34N8O4/c1-35-17-21(14-25(30(35)41)33-28-16-22-18-36(12-13-43-2)8-11-39(22)34-28)23-6-7-32-29(24(23)19-40)38-10-9-37-26-5-3-4-20(26)15-27(37)31(38)42/h6-7,9-10,14-17,40H,3-5,8,11-13,18-19H2,1-2H3,(H,33,34). The Balaban J connectivity index is 1.24. The minimum absolute atomic E-state index is 0.191. The quantitative estimate of drug-likeness (QED) is 0.286. The minimum atomic E-state index is -0.341. The van der Waals surface area contributed by atoms with Crippen LogP contribution in [0.2, 0.25) is 0 Å². The summed E-state index contributed by atoms with van der Waals surface area (Å²) in [7, 11) is 3.39. The molecule has 2 aliphatic rings. The van der Waals surface area contributed by atoms with Crippen LogP contribution in [0, 0.1) is 0 Å². The molecule has 0 unspecified atom stereocenters. The van der Waals surface area contributed by atoms with Gasteiger partial charge in [-0.25, -0.2) is 4.98 Å². The molecule has 0 saturated carbocycles. The molecule has 5 aromatic rings. The SMILES string of the molecule is COCCN1CCn2nc(Nc3cc(-c4ccnc(-n5ccn6c7c(cc6c5=O)CCC7)c4CO)cn(C)c3=O)cc2C1. The van der Waals surface area contributed by atoms with E-state index in [4.69, 9.17) is 4.74 Å². The van der Waals surface area contributed by atoms with Gasteiger partial charge in [-0.3, -0.25) is 23.7 Å². The number of fused-ring (bicyclic) bond motifs is 4. The highest BCUT2D eigenvalue weighted by atomic mass is 16.5. The van der Waals surface area contributed by atoms with E-state index in [0.717, 1.165) is 51.1 Å². The lowest BCUT2D eigenvalue weighted by Gasteiger charge is -2.26. The predicted octanol–water partition coefficient (Wildman–Crippen LogP) is 2.23. The lowest BCUT2D eigenvalue weighted by molar-refractivity contribution is 0.129. The number of anilines is 2. The Hall–Kier alpha value is -4.52. The lowest BCUT2D eigenvalue weighted by Crippen LogP contribution is -2.35. The number of nitrogens with one attached hydrogen (secondary N) is 1. The molecule has 0 amide bonds. The molecule has 43 heavy (non-hydrogen) atoms. The predicted molar refractivity (Wildman–Crippen MR) is 162 cm³/mol. The van der Waals surface area contributed by atoms with E-state index < -0.39 is 0 Å². The monoisotopic (exact) mass is 582 g/mol. The van der Waals surface area contributed by atoms with Crippen molar-refractivity contribution >= 4 is 17.0 Å². The molecule has 5 aromatic heterocycles. The molecule has 12 heteroatoms. The molecular formula is C31H34N8O4. The first kappa shape index (κ1) is 27.3. The normalized spacial score (nSPS) is 14.8. The van der Waals surface area contributed by atoms with Crippen LogP contribution in [-0.2, 0) is 44.3 Å². The van der Waals surface area contributed by atoms with Crippen molar-refractivity contribution in [2.75, 3.05) is 32.1 Å². The topological polar surface area (TPSA) is 124 Å². The third kappa shape index (κ3) is 4.77. The van der Waals surface area contributed by atoms with E-state index in [1.54, 1.807) is 44.9 Å². The highest BCUT2D eigenvalue weighted by molar-refractivity contribution is 5.73. The summed E-state index contributed by atoms with van der Waals surface area (Å²) in [5.74, 6) is 0.951. The van der Waals surface area contributed by atoms with Crippen LogP contribution in [0.5, 0.6) is 0 Å². The number of aryl methyl sites for hydroxylation is 3. The van der Waals surface area contributed by atoms with Crippen LogP contribution in [0.15, 0.2) is 58.6 Å². The van der Waals surface area contributed by atoms with Gasteiger partial charge in [0.05, 0.1) is 25.5 Å². The van der Waals surface area contributed by atoms with Gasteiger partial charge >= 0.3 is 0 Å². The fourth-order valence-corrected chi connectivity index (χ4v) is 6.38. The van der Waals surface area contributed by atoms with Crippen LogP contribution in [-0.4, -0.2) is 65.1 Å². The summed E-state index contributed by atoms with van der Waals surface area (Å²) < 4.78 is 12.2. The van der Waals surface area contributed by atoms with Gasteiger partial charge in [-0.2, -0.15) is 5.10 Å². The van der Waals surface area contributed by atoms with Gasteiger partial charge in [-0.05, 0) is 48.6 Å². The maximum absolute atomic E-state index is 13.6. The number of hydrogen-bond acceptors (Lipinski definition) is 8. The third-order valence-electron chi connectivity index (χ3n) is 8.56. The average Bonchev–Trinajstić information content (AvgIpc) is 3.73. The molecule has 1 aliphatic heterocycles. The number of nitrogens with zero attached hydrogens (tertiary/aromatic N) is 7. The first-order valence-corrected chi connectivity index (χ1v) is 14.5. The van der Waals surface area contributed by atoms with Crippen LogP contribution in [0.25, 0.3) is 22.5 Å². The first-order chi connectivity index (χ1) is 20.9. The highest BCUT2D eigenvalue weighted by Crippen LogP contribution is 2.30. The van der Waals surface area contributed by atoms with Crippen molar-refractivity contribution in [2.45, 2.75) is 39.0 Å². The Kier molecular flexibility index (Phi) is 6.96. The summed E-state index contributed by atoms with van der Waals surface area (Å²) in [5.41, 5.74) is 5.89. The molecular weight excluding hydrogens is 548 g/mol. The molecule has 0 radical (unpaired) electrons. The van der Waals surface area contributed by atoms with Crippen LogP contribution in [0.3, 0.4) is 0 Å². The van der Waals surface area contributed by atoms with Crippen molar-refractivity contribution in [3.05, 3.63) is 92.3 Å². The van der Waals surface area contributed by atoms with Crippen LogP contribution < -0.4 is 16.4 Å². The lowest BCUT2D eigenvalue weighted by atomic mass is 10.0. The Morgan fingerprint density at radius 3 is 2.81 bits per heavy atom. The fourth-order valence-electron chi connectivity index (χ4n) is 6.38. The molecule has 2 N–H and O–H groups in total. The zero-order valence-corrected chi connectivity index (χ0v) is 24.3. The summed E-state index contributed by atoms with van der Waals surface area (Å²) in [6, 6.07) is 7.49. The molecule has 7 rings (SSSR count). The number of rotatable bonds is 8. The van der Waals surface area contributed by atoms with Crippen molar-refractivity contribution in [2.24, 2.45) is 7.05 Å².